The Labute approximate surface area is 439 Å². The molecule has 0 radical (unpaired) electrons. The SMILES string of the molecule is CCN1CCC[C@@H]1COc1nc2[nH]ccc2cc1Oc1cc(N2CCC3(CC2)CC(N2CCC[C@H]2c2ccccc2C(C)C)C3)ccc1C(=O)NS(=O)(=O)c1cc2c(c([N+](=O)[O-])c1)N[C@@H](C1CCC(C)(O)CC1)CO2. The van der Waals surface area contributed by atoms with E-state index < -0.39 is 37.0 Å². The average Bonchev–Trinajstić information content (AvgIpc) is 4.19. The zero-order valence-corrected chi connectivity index (χ0v) is 44.5. The molecule has 2 saturated carbocycles. The van der Waals surface area contributed by atoms with Gasteiger partial charge in [-0.15, -0.1) is 0 Å². The van der Waals surface area contributed by atoms with Crippen LogP contribution in [0.4, 0.5) is 17.1 Å². The number of sulfonamides is 1. The maximum Gasteiger partial charge on any atom is 0.297 e. The number of carbonyl (C=O) groups excluding carboxylic acids is 1. The number of nitrogens with one attached hydrogen (secondary N) is 3. The first-order valence-electron chi connectivity index (χ1n) is 27.3. The fourth-order valence-electron chi connectivity index (χ4n) is 13.3. The van der Waals surface area contributed by atoms with Crippen molar-refractivity contribution in [3.63, 3.8) is 0 Å². The van der Waals surface area contributed by atoms with Crippen LogP contribution in [0.2, 0.25) is 0 Å². The number of fused-ring (bicyclic) bond motifs is 2. The molecular formula is C57H72N8O9S. The molecule has 4 N–H and O–H groups in total. The molecule has 5 aromatic rings. The van der Waals surface area contributed by atoms with Crippen molar-refractivity contribution in [1.82, 2.24) is 24.5 Å². The van der Waals surface area contributed by atoms with Crippen molar-refractivity contribution in [2.24, 2.45) is 11.3 Å². The number of benzene rings is 3. The predicted octanol–water partition coefficient (Wildman–Crippen LogP) is 10.1. The van der Waals surface area contributed by atoms with Gasteiger partial charge in [0.05, 0.1) is 27.0 Å². The number of piperidine rings is 1. The number of rotatable bonds is 15. The Balaban J connectivity index is 0.847. The van der Waals surface area contributed by atoms with Crippen LogP contribution < -0.4 is 29.1 Å². The van der Waals surface area contributed by atoms with E-state index in [2.05, 4.69) is 74.8 Å². The number of hydrogen-bond donors (Lipinski definition) is 4. The molecule has 0 bridgehead atoms. The first-order valence-corrected chi connectivity index (χ1v) is 28.8. The number of pyridine rings is 1. The smallest absolute Gasteiger partial charge is 0.297 e. The van der Waals surface area contributed by atoms with Crippen LogP contribution in [0.5, 0.6) is 23.1 Å². The molecule has 5 fully saturated rings. The summed E-state index contributed by atoms with van der Waals surface area (Å²) in [6.45, 7) is 13.7. The van der Waals surface area contributed by atoms with E-state index in [1.807, 2.05) is 19.1 Å². The summed E-state index contributed by atoms with van der Waals surface area (Å²) in [6.07, 6.45) is 13.3. The number of nitro groups is 1. The zero-order chi connectivity index (χ0) is 52.2. The lowest BCUT2D eigenvalue weighted by atomic mass is 9.59. The summed E-state index contributed by atoms with van der Waals surface area (Å²) >= 11 is 0. The molecule has 18 heteroatoms. The minimum atomic E-state index is -4.72. The van der Waals surface area contributed by atoms with Crippen LogP contribution >= 0.6 is 0 Å². The van der Waals surface area contributed by atoms with Crippen LogP contribution in [0.1, 0.15) is 138 Å². The Morgan fingerprint density at radius 3 is 2.51 bits per heavy atom. The first-order chi connectivity index (χ1) is 36.1. The van der Waals surface area contributed by atoms with E-state index in [1.165, 1.54) is 42.9 Å². The maximum absolute atomic E-state index is 14.5. The van der Waals surface area contributed by atoms with Gasteiger partial charge in [0.25, 0.3) is 27.5 Å². The molecule has 4 aliphatic heterocycles. The minimum Gasteiger partial charge on any atom is -0.489 e. The van der Waals surface area contributed by atoms with Gasteiger partial charge in [-0.1, -0.05) is 45.0 Å². The molecule has 75 heavy (non-hydrogen) atoms. The number of nitrogens with zero attached hydrogens (tertiary/aromatic N) is 5. The van der Waals surface area contributed by atoms with Gasteiger partial charge < -0.3 is 34.5 Å². The number of aromatic amines is 1. The highest BCUT2D eigenvalue weighted by atomic mass is 32.2. The van der Waals surface area contributed by atoms with Gasteiger partial charge in [-0.05, 0) is 156 Å². The van der Waals surface area contributed by atoms with Gasteiger partial charge in [0.2, 0.25) is 0 Å². The second-order valence-corrected chi connectivity index (χ2v) is 24.5. The van der Waals surface area contributed by atoms with Gasteiger partial charge in [0.15, 0.2) is 17.2 Å². The van der Waals surface area contributed by atoms with E-state index in [9.17, 15) is 28.4 Å². The molecule has 3 atom stereocenters. The van der Waals surface area contributed by atoms with Crippen molar-refractivity contribution in [1.29, 1.82) is 0 Å². The van der Waals surface area contributed by atoms with Crippen molar-refractivity contribution in [2.75, 3.05) is 56.2 Å². The third kappa shape index (κ3) is 10.4. The van der Waals surface area contributed by atoms with Gasteiger partial charge in [-0.2, -0.15) is 4.98 Å². The highest BCUT2D eigenvalue weighted by Gasteiger charge is 2.50. The number of aromatic nitrogens is 2. The van der Waals surface area contributed by atoms with E-state index in [-0.39, 0.29) is 64.4 Å². The summed E-state index contributed by atoms with van der Waals surface area (Å²) in [5.41, 5.74) is 3.41. The van der Waals surface area contributed by atoms with Crippen molar-refractivity contribution >= 4 is 44.0 Å². The lowest BCUT2D eigenvalue weighted by Gasteiger charge is -2.56. The fourth-order valence-corrected chi connectivity index (χ4v) is 14.3. The summed E-state index contributed by atoms with van der Waals surface area (Å²) in [5, 5.41) is 27.1. The third-order valence-corrected chi connectivity index (χ3v) is 19.0. The van der Waals surface area contributed by atoms with Gasteiger partial charge in [-0.25, -0.2) is 13.1 Å². The highest BCUT2D eigenvalue weighted by molar-refractivity contribution is 7.90. The number of ether oxygens (including phenoxy) is 3. The molecule has 17 nitrogen and oxygen atoms in total. The summed E-state index contributed by atoms with van der Waals surface area (Å²) in [5.74, 6) is 0.185. The number of H-pyrrole nitrogens is 1. The quantitative estimate of drug-likeness (QED) is 0.0569. The number of amides is 1. The Bertz CT molecular complexity index is 3040. The molecular weight excluding hydrogens is 973 g/mol. The van der Waals surface area contributed by atoms with Gasteiger partial charge in [-0.3, -0.25) is 24.7 Å². The lowest BCUT2D eigenvalue weighted by molar-refractivity contribution is -0.384. The molecule has 1 spiro atoms. The predicted molar refractivity (Wildman–Crippen MR) is 288 cm³/mol. The van der Waals surface area contributed by atoms with E-state index in [1.54, 1.807) is 24.4 Å². The number of likely N-dealkylation sites (tertiary alicyclic amines) is 2. The van der Waals surface area contributed by atoms with Gasteiger partial charge in [0, 0.05) is 66.7 Å². The molecule has 2 aromatic heterocycles. The molecule has 3 aromatic carbocycles. The van der Waals surface area contributed by atoms with Crippen LogP contribution in [-0.2, 0) is 10.0 Å². The number of carbonyl (C=O) groups is 1. The summed E-state index contributed by atoms with van der Waals surface area (Å²) < 4.78 is 49.9. The van der Waals surface area contributed by atoms with Crippen molar-refractivity contribution in [2.45, 2.75) is 145 Å². The number of likely N-dealkylation sites (N-methyl/N-ethyl adjacent to an activating group) is 1. The topological polar surface area (TPSA) is 205 Å². The number of hydrogen-bond acceptors (Lipinski definition) is 14. The van der Waals surface area contributed by atoms with E-state index in [0.29, 0.717) is 55.9 Å². The molecule has 6 aliphatic rings. The Morgan fingerprint density at radius 2 is 1.75 bits per heavy atom. The van der Waals surface area contributed by atoms with Crippen LogP contribution in [0.3, 0.4) is 0 Å². The van der Waals surface area contributed by atoms with Crippen molar-refractivity contribution in [3.05, 3.63) is 99.7 Å². The third-order valence-electron chi connectivity index (χ3n) is 17.7. The van der Waals surface area contributed by atoms with Crippen LogP contribution in [0.15, 0.2) is 77.8 Å². The van der Waals surface area contributed by atoms with Crippen LogP contribution in [0.25, 0.3) is 11.0 Å². The van der Waals surface area contributed by atoms with E-state index in [0.717, 1.165) is 75.5 Å². The van der Waals surface area contributed by atoms with Gasteiger partial charge >= 0.3 is 0 Å². The largest absolute Gasteiger partial charge is 0.489 e. The average molecular weight is 1050 g/mol. The summed E-state index contributed by atoms with van der Waals surface area (Å²) in [4.78, 5) is 41.4. The number of anilines is 2. The van der Waals surface area contributed by atoms with Crippen molar-refractivity contribution < 1.29 is 37.5 Å². The summed E-state index contributed by atoms with van der Waals surface area (Å²) in [7, 11) is -4.72. The highest BCUT2D eigenvalue weighted by Crippen LogP contribution is 2.55. The molecule has 0 unspecified atom stereocenters. The lowest BCUT2D eigenvalue weighted by Crippen LogP contribution is -2.54. The number of nitro benzene ring substituents is 1. The molecule has 2 aliphatic carbocycles. The molecule has 3 saturated heterocycles. The molecule has 1 amide bonds. The standard InChI is InChI=1S/C57H72N8O9S/c1-5-62-24-8-10-40(62)34-73-55-51(28-38-18-23-58-53(38)60-55)74-49-29-39(63-26-21-57(22-27-63)32-41(33-57)64-25-9-13-47(64)44-12-7-6-11-43(44)36(2)3)14-15-45(49)54(66)61-75(70,71)42-30-48(65(68)69)52-50(31-42)72-35-46(59-52)37-16-19-56(4,67)20-17-37/h6-7,11-12,14-15,18,23,28-31,36-37,40-41,46-47,59,67H,5,8-10,13,16-17,19-22,24-27,32-35H2,1-4H3,(H,58,60)(H,61,66)/t37?,40-,46-,47+,56?/m1/s1. The molecule has 400 valence electrons. The zero-order valence-electron chi connectivity index (χ0n) is 43.7. The van der Waals surface area contributed by atoms with Crippen LogP contribution in [-0.4, -0.2) is 114 Å². The normalized spacial score (nSPS) is 25.2. The Morgan fingerprint density at radius 1 is 0.973 bits per heavy atom. The Kier molecular flexibility index (Phi) is 14.0. The molecule has 11 rings (SSSR count). The second-order valence-electron chi connectivity index (χ2n) is 22.9. The minimum absolute atomic E-state index is 0.00215. The van der Waals surface area contributed by atoms with E-state index in [4.69, 9.17) is 19.2 Å². The second kappa shape index (κ2) is 20.5. The Hall–Kier alpha value is -5.95. The fraction of sp³-hybridized carbons (Fsp3) is 0.544. The van der Waals surface area contributed by atoms with Crippen LogP contribution in [0, 0.1) is 21.4 Å². The number of aliphatic hydroxyl groups is 1. The monoisotopic (exact) mass is 1040 g/mol. The van der Waals surface area contributed by atoms with E-state index >= 15 is 0 Å². The summed E-state index contributed by atoms with van der Waals surface area (Å²) in [6, 6.07) is 21.0. The maximum atomic E-state index is 14.5. The first kappa shape index (κ1) is 51.2. The van der Waals surface area contributed by atoms with Crippen molar-refractivity contribution in [3.8, 4) is 23.1 Å². The molecule has 6 heterocycles. The van der Waals surface area contributed by atoms with Gasteiger partial charge in [0.1, 0.15) is 24.6 Å².